The minimum Gasteiger partial charge on any atom is -0.356 e. The van der Waals surface area contributed by atoms with E-state index < -0.39 is 0 Å². The third-order valence-corrected chi connectivity index (χ3v) is 4.05. The summed E-state index contributed by atoms with van der Waals surface area (Å²) in [5.41, 5.74) is 0. The van der Waals surface area contributed by atoms with E-state index in [9.17, 15) is 4.79 Å². The number of rotatable bonds is 5. The lowest BCUT2D eigenvalue weighted by molar-refractivity contribution is -0.121. The maximum Gasteiger partial charge on any atom is 0.221 e. The molecule has 1 saturated heterocycles. The first kappa shape index (κ1) is 12.6. The Hall–Kier alpha value is -0.870. The number of nitrogens with one attached hydrogen (secondary N) is 2. The van der Waals surface area contributed by atoms with Crippen molar-refractivity contribution in [2.75, 3.05) is 13.1 Å². The van der Waals surface area contributed by atoms with Crippen molar-refractivity contribution in [2.45, 2.75) is 38.1 Å². The van der Waals surface area contributed by atoms with Crippen molar-refractivity contribution >= 4 is 17.2 Å². The van der Waals surface area contributed by atoms with Gasteiger partial charge in [-0.05, 0) is 37.3 Å². The minimum absolute atomic E-state index is 0.181. The van der Waals surface area contributed by atoms with Crippen LogP contribution in [-0.2, 0) is 11.2 Å². The molecule has 1 amide bonds. The van der Waals surface area contributed by atoms with Crippen molar-refractivity contribution in [1.29, 1.82) is 0 Å². The summed E-state index contributed by atoms with van der Waals surface area (Å²) in [6.45, 7) is 1.82. The Labute approximate surface area is 107 Å². The Morgan fingerprint density at radius 1 is 1.53 bits per heavy atom. The number of hydrogen-bond acceptors (Lipinski definition) is 3. The zero-order valence-electron chi connectivity index (χ0n) is 10.1. The molecule has 4 heteroatoms. The molecule has 0 spiro atoms. The summed E-state index contributed by atoms with van der Waals surface area (Å²) in [4.78, 5) is 13.0. The van der Waals surface area contributed by atoms with Gasteiger partial charge in [0.05, 0.1) is 0 Å². The number of hydrogen-bond donors (Lipinski definition) is 2. The quantitative estimate of drug-likeness (QED) is 0.841. The van der Waals surface area contributed by atoms with E-state index in [0.717, 1.165) is 25.9 Å². The molecule has 0 aliphatic carbocycles. The average Bonchev–Trinajstić information content (AvgIpc) is 2.83. The highest BCUT2D eigenvalue weighted by Gasteiger charge is 2.15. The largest absolute Gasteiger partial charge is 0.356 e. The van der Waals surface area contributed by atoms with E-state index in [1.54, 1.807) is 11.3 Å². The van der Waals surface area contributed by atoms with Gasteiger partial charge < -0.3 is 10.6 Å². The molecule has 2 N–H and O–H groups in total. The molecule has 0 aromatic carbocycles. The van der Waals surface area contributed by atoms with E-state index in [1.807, 2.05) is 6.07 Å². The highest BCUT2D eigenvalue weighted by atomic mass is 32.1. The zero-order valence-corrected chi connectivity index (χ0v) is 10.9. The van der Waals surface area contributed by atoms with Gasteiger partial charge in [-0.3, -0.25) is 4.79 Å². The normalized spacial score (nSPS) is 20.1. The van der Waals surface area contributed by atoms with Crippen LogP contribution < -0.4 is 10.6 Å². The molecular formula is C13H20N2OS. The molecule has 0 saturated carbocycles. The molecule has 2 rings (SSSR count). The van der Waals surface area contributed by atoms with Gasteiger partial charge >= 0.3 is 0 Å². The van der Waals surface area contributed by atoms with Gasteiger partial charge in [0, 0.05) is 23.9 Å². The molecule has 1 aromatic rings. The molecule has 1 aromatic heterocycles. The third-order valence-electron chi connectivity index (χ3n) is 3.12. The topological polar surface area (TPSA) is 41.1 Å². The second-order valence-corrected chi connectivity index (χ2v) is 5.56. The molecule has 1 aliphatic rings. The number of carbonyl (C=O) groups is 1. The van der Waals surface area contributed by atoms with Crippen molar-refractivity contribution in [3.05, 3.63) is 22.4 Å². The molecular weight excluding hydrogens is 232 g/mol. The van der Waals surface area contributed by atoms with Crippen LogP contribution in [0.1, 0.15) is 30.6 Å². The Balaban J connectivity index is 1.60. The lowest BCUT2D eigenvalue weighted by atomic mass is 10.0. The Morgan fingerprint density at radius 3 is 3.18 bits per heavy atom. The molecule has 2 heterocycles. The van der Waals surface area contributed by atoms with Crippen molar-refractivity contribution in [3.63, 3.8) is 0 Å². The fraction of sp³-hybridized carbons (Fsp3) is 0.615. The van der Waals surface area contributed by atoms with Crippen LogP contribution >= 0.6 is 11.3 Å². The maximum atomic E-state index is 11.7. The van der Waals surface area contributed by atoms with Crippen molar-refractivity contribution < 1.29 is 4.79 Å². The van der Waals surface area contributed by atoms with E-state index in [4.69, 9.17) is 0 Å². The minimum atomic E-state index is 0.181. The highest BCUT2D eigenvalue weighted by Crippen LogP contribution is 2.10. The van der Waals surface area contributed by atoms with E-state index in [0.29, 0.717) is 12.5 Å². The van der Waals surface area contributed by atoms with E-state index >= 15 is 0 Å². The third kappa shape index (κ3) is 4.48. The summed E-state index contributed by atoms with van der Waals surface area (Å²) < 4.78 is 0. The molecule has 1 atom stereocenters. The highest BCUT2D eigenvalue weighted by molar-refractivity contribution is 7.09. The van der Waals surface area contributed by atoms with Crippen LogP contribution in [0.4, 0.5) is 0 Å². The Bertz CT molecular complexity index is 331. The van der Waals surface area contributed by atoms with Gasteiger partial charge in [0.2, 0.25) is 5.91 Å². The lowest BCUT2D eigenvalue weighted by Gasteiger charge is -2.22. The standard InChI is InChI=1S/C13H20N2OS/c16-13(10-11-4-1-2-7-14-11)15-8-6-12-5-3-9-17-12/h3,5,9,11,14H,1-2,4,6-8,10H2,(H,15,16). The average molecular weight is 252 g/mol. The van der Waals surface area contributed by atoms with Gasteiger partial charge in [-0.15, -0.1) is 11.3 Å². The van der Waals surface area contributed by atoms with Gasteiger partial charge in [0.15, 0.2) is 0 Å². The zero-order chi connectivity index (χ0) is 11.9. The Morgan fingerprint density at radius 2 is 2.47 bits per heavy atom. The van der Waals surface area contributed by atoms with E-state index in [2.05, 4.69) is 22.1 Å². The summed E-state index contributed by atoms with van der Waals surface area (Å²) in [6, 6.07) is 4.55. The number of piperidine rings is 1. The Kier molecular flexibility index (Phi) is 5.01. The molecule has 3 nitrogen and oxygen atoms in total. The monoisotopic (exact) mass is 252 g/mol. The summed E-state index contributed by atoms with van der Waals surface area (Å²) in [5.74, 6) is 0.181. The number of amides is 1. The first-order chi connectivity index (χ1) is 8.34. The number of thiophene rings is 1. The first-order valence-corrected chi connectivity index (χ1v) is 7.25. The van der Waals surface area contributed by atoms with Crippen LogP contribution in [0.25, 0.3) is 0 Å². The fourth-order valence-corrected chi connectivity index (χ4v) is 2.88. The molecule has 1 fully saturated rings. The van der Waals surface area contributed by atoms with Crippen LogP contribution in [-0.4, -0.2) is 25.0 Å². The van der Waals surface area contributed by atoms with E-state index in [-0.39, 0.29) is 5.91 Å². The van der Waals surface area contributed by atoms with Gasteiger partial charge in [-0.2, -0.15) is 0 Å². The van der Waals surface area contributed by atoms with Gasteiger partial charge in [-0.1, -0.05) is 12.5 Å². The SMILES string of the molecule is O=C(CC1CCCCN1)NCCc1cccs1. The van der Waals surface area contributed by atoms with Crippen LogP contribution in [0, 0.1) is 0 Å². The summed E-state index contributed by atoms with van der Waals surface area (Å²) in [6.07, 6.45) is 5.21. The van der Waals surface area contributed by atoms with Crippen molar-refractivity contribution in [1.82, 2.24) is 10.6 Å². The summed E-state index contributed by atoms with van der Waals surface area (Å²) in [5, 5.41) is 8.46. The predicted octanol–water partition coefficient (Wildman–Crippen LogP) is 1.94. The van der Waals surface area contributed by atoms with Crippen LogP contribution in [0.15, 0.2) is 17.5 Å². The lowest BCUT2D eigenvalue weighted by Crippen LogP contribution is -2.39. The molecule has 0 bridgehead atoms. The van der Waals surface area contributed by atoms with Gasteiger partial charge in [0.25, 0.3) is 0 Å². The van der Waals surface area contributed by atoms with Crippen LogP contribution in [0.2, 0.25) is 0 Å². The van der Waals surface area contributed by atoms with Crippen molar-refractivity contribution in [2.24, 2.45) is 0 Å². The van der Waals surface area contributed by atoms with Crippen LogP contribution in [0.3, 0.4) is 0 Å². The second kappa shape index (κ2) is 6.77. The second-order valence-electron chi connectivity index (χ2n) is 4.53. The smallest absolute Gasteiger partial charge is 0.221 e. The maximum absolute atomic E-state index is 11.7. The summed E-state index contributed by atoms with van der Waals surface area (Å²) in [7, 11) is 0. The van der Waals surface area contributed by atoms with Gasteiger partial charge in [0.1, 0.15) is 0 Å². The summed E-state index contributed by atoms with van der Waals surface area (Å²) >= 11 is 1.75. The van der Waals surface area contributed by atoms with Crippen LogP contribution in [0.5, 0.6) is 0 Å². The molecule has 1 unspecified atom stereocenters. The van der Waals surface area contributed by atoms with E-state index in [1.165, 1.54) is 17.7 Å². The van der Waals surface area contributed by atoms with Gasteiger partial charge in [-0.25, -0.2) is 0 Å². The molecule has 94 valence electrons. The molecule has 17 heavy (non-hydrogen) atoms. The fourth-order valence-electron chi connectivity index (χ4n) is 2.17. The van der Waals surface area contributed by atoms with Crippen molar-refractivity contribution in [3.8, 4) is 0 Å². The molecule has 0 radical (unpaired) electrons. The number of carbonyl (C=O) groups excluding carboxylic acids is 1. The first-order valence-electron chi connectivity index (χ1n) is 6.37. The predicted molar refractivity (Wildman–Crippen MR) is 71.3 cm³/mol. The molecule has 1 aliphatic heterocycles.